The van der Waals surface area contributed by atoms with Crippen LogP contribution in [0.25, 0.3) is 31.8 Å². The number of thiazole rings is 1. The average Bonchev–Trinajstić information content (AvgIpc) is 3.51. The number of aliphatic hydroxyl groups excluding tert-OH is 1. The lowest BCUT2D eigenvalue weighted by atomic mass is 10.1. The zero-order valence-corrected chi connectivity index (χ0v) is 24.9. The van der Waals surface area contributed by atoms with E-state index in [1.54, 1.807) is 24.4 Å². The number of benzene rings is 4. The fraction of sp³-hybridized carbons (Fsp3) is 0.118. The van der Waals surface area contributed by atoms with Crippen LogP contribution in [0.1, 0.15) is 17.4 Å². The second kappa shape index (κ2) is 12.8. The number of pyridine rings is 1. The molecule has 0 fully saturated rings. The molecule has 0 aliphatic rings. The van der Waals surface area contributed by atoms with Gasteiger partial charge in [0.25, 0.3) is 10.0 Å². The molecule has 7 nitrogen and oxygen atoms in total. The minimum atomic E-state index is -4.00. The van der Waals surface area contributed by atoms with Gasteiger partial charge in [-0.2, -0.15) is 8.42 Å². The number of aliphatic hydroxyl groups is 1. The lowest BCUT2D eigenvalue weighted by Crippen LogP contribution is -2.24. The maximum Gasteiger partial charge on any atom is 0.280 e. The number of nitrogens with one attached hydrogen (secondary N) is 2. The smallest absolute Gasteiger partial charge is 0.280 e. The van der Waals surface area contributed by atoms with Crippen molar-refractivity contribution in [1.29, 1.82) is 0 Å². The van der Waals surface area contributed by atoms with Crippen molar-refractivity contribution < 1.29 is 13.5 Å². The molecule has 43 heavy (non-hydrogen) atoms. The fourth-order valence-electron chi connectivity index (χ4n) is 4.80. The first kappa shape index (κ1) is 28.7. The third-order valence-corrected chi connectivity index (χ3v) is 9.64. The van der Waals surface area contributed by atoms with Gasteiger partial charge < -0.3 is 10.4 Å². The highest BCUT2D eigenvalue weighted by molar-refractivity contribution is 7.93. The van der Waals surface area contributed by atoms with Gasteiger partial charge in [0.15, 0.2) is 5.03 Å². The van der Waals surface area contributed by atoms with Crippen molar-refractivity contribution in [1.82, 2.24) is 15.3 Å². The first-order valence-corrected chi connectivity index (χ1v) is 16.2. The molecule has 0 aliphatic carbocycles. The number of sulfonamides is 1. The molecule has 2 aromatic heterocycles. The monoisotopic (exact) mass is 606 g/mol. The highest BCUT2D eigenvalue weighted by atomic mass is 32.2. The number of hydrogen-bond donors (Lipinski definition) is 3. The second-order valence-corrected chi connectivity index (χ2v) is 12.7. The molecule has 0 radical (unpaired) electrons. The Morgan fingerprint density at radius 3 is 2.30 bits per heavy atom. The molecule has 0 aliphatic heterocycles. The van der Waals surface area contributed by atoms with Gasteiger partial charge in [-0.15, -0.1) is 11.3 Å². The SMILES string of the molecule is O=S(=O)(Nc1ccc(CCNCC(O)c2ccccn2)cc1)c1nc(-c2ccccc2)sc1-c1ccc2ccccc2c1. The quantitative estimate of drug-likeness (QED) is 0.142. The van der Waals surface area contributed by atoms with Gasteiger partial charge in [-0.05, 0) is 65.2 Å². The van der Waals surface area contributed by atoms with E-state index < -0.39 is 16.1 Å². The van der Waals surface area contributed by atoms with Crippen LogP contribution in [0.3, 0.4) is 0 Å². The summed E-state index contributed by atoms with van der Waals surface area (Å²) in [6.07, 6.45) is 1.71. The van der Waals surface area contributed by atoms with Crippen LogP contribution in [-0.4, -0.2) is 36.6 Å². The predicted molar refractivity (Wildman–Crippen MR) is 174 cm³/mol. The van der Waals surface area contributed by atoms with E-state index in [9.17, 15) is 13.5 Å². The van der Waals surface area contributed by atoms with Crippen LogP contribution in [0.15, 0.2) is 126 Å². The van der Waals surface area contributed by atoms with E-state index in [4.69, 9.17) is 0 Å². The van der Waals surface area contributed by atoms with Crippen LogP contribution in [0.4, 0.5) is 5.69 Å². The zero-order chi connectivity index (χ0) is 29.6. The van der Waals surface area contributed by atoms with Crippen LogP contribution in [-0.2, 0) is 16.4 Å². The van der Waals surface area contributed by atoms with E-state index in [0.717, 1.165) is 33.9 Å². The Kier molecular flexibility index (Phi) is 8.57. The highest BCUT2D eigenvalue weighted by Gasteiger charge is 2.26. The van der Waals surface area contributed by atoms with Gasteiger partial charge in [0.05, 0.1) is 10.6 Å². The molecule has 4 aromatic carbocycles. The lowest BCUT2D eigenvalue weighted by Gasteiger charge is -2.12. The maximum absolute atomic E-state index is 13.8. The Bertz CT molecular complexity index is 1930. The van der Waals surface area contributed by atoms with Crippen molar-refractivity contribution in [3.63, 3.8) is 0 Å². The van der Waals surface area contributed by atoms with E-state index in [0.29, 0.717) is 34.4 Å². The number of nitrogens with zero attached hydrogens (tertiary/aromatic N) is 2. The van der Waals surface area contributed by atoms with E-state index in [-0.39, 0.29) is 5.03 Å². The molecule has 6 rings (SSSR count). The Morgan fingerprint density at radius 2 is 1.53 bits per heavy atom. The molecule has 1 unspecified atom stereocenters. The summed E-state index contributed by atoms with van der Waals surface area (Å²) in [6.45, 7) is 1.05. The van der Waals surface area contributed by atoms with E-state index in [1.807, 2.05) is 97.1 Å². The van der Waals surface area contributed by atoms with E-state index in [1.165, 1.54) is 11.3 Å². The van der Waals surface area contributed by atoms with Gasteiger partial charge >= 0.3 is 0 Å². The molecule has 0 saturated carbocycles. The summed E-state index contributed by atoms with van der Waals surface area (Å²) >= 11 is 1.37. The normalized spacial score (nSPS) is 12.3. The standard InChI is InChI=1S/C34H30N4O3S2/c39-31(30-12-6-7-20-36-30)23-35-21-19-24-13-17-29(18-14-24)38-43(40,41)34-32(42-33(37-34)26-9-2-1-3-10-26)28-16-15-25-8-4-5-11-27(25)22-28/h1-18,20,22,31,35,38-39H,19,21,23H2. The van der Waals surface area contributed by atoms with Crippen LogP contribution in [0.2, 0.25) is 0 Å². The third kappa shape index (κ3) is 6.81. The van der Waals surface area contributed by atoms with Gasteiger partial charge in [-0.25, -0.2) is 4.98 Å². The Balaban J connectivity index is 1.19. The van der Waals surface area contributed by atoms with Gasteiger partial charge in [-0.3, -0.25) is 9.71 Å². The summed E-state index contributed by atoms with van der Waals surface area (Å²) in [4.78, 5) is 9.41. The first-order chi connectivity index (χ1) is 21.0. The van der Waals surface area contributed by atoms with Gasteiger partial charge in [-0.1, -0.05) is 84.9 Å². The fourth-order valence-corrected chi connectivity index (χ4v) is 7.39. The van der Waals surface area contributed by atoms with Gasteiger partial charge in [0.2, 0.25) is 0 Å². The largest absolute Gasteiger partial charge is 0.385 e. The van der Waals surface area contributed by atoms with Crippen molar-refractivity contribution in [2.24, 2.45) is 0 Å². The molecule has 0 bridgehead atoms. The number of aromatic nitrogens is 2. The molecule has 6 aromatic rings. The number of anilines is 1. The second-order valence-electron chi connectivity index (χ2n) is 10.1. The molecule has 2 heterocycles. The lowest BCUT2D eigenvalue weighted by molar-refractivity contribution is 0.170. The molecule has 0 spiro atoms. The first-order valence-electron chi connectivity index (χ1n) is 13.9. The van der Waals surface area contributed by atoms with E-state index >= 15 is 0 Å². The summed E-state index contributed by atoms with van der Waals surface area (Å²) in [6, 6.07) is 36.4. The Morgan fingerprint density at radius 1 is 0.791 bits per heavy atom. The Hall–Kier alpha value is -4.41. The van der Waals surface area contributed by atoms with Crippen molar-refractivity contribution >= 4 is 37.8 Å². The number of rotatable bonds is 11. The molecule has 216 valence electrons. The minimum Gasteiger partial charge on any atom is -0.385 e. The summed E-state index contributed by atoms with van der Waals surface area (Å²) in [5.41, 5.74) is 3.79. The number of hydrogen-bond acceptors (Lipinski definition) is 7. The molecular weight excluding hydrogens is 577 g/mol. The third-order valence-electron chi connectivity index (χ3n) is 7.05. The average molecular weight is 607 g/mol. The van der Waals surface area contributed by atoms with Crippen molar-refractivity contribution in [3.8, 4) is 21.0 Å². The van der Waals surface area contributed by atoms with Gasteiger partial charge in [0, 0.05) is 24.0 Å². The van der Waals surface area contributed by atoms with Crippen molar-refractivity contribution in [2.45, 2.75) is 17.6 Å². The number of fused-ring (bicyclic) bond motifs is 1. The van der Waals surface area contributed by atoms with Crippen LogP contribution < -0.4 is 10.0 Å². The summed E-state index contributed by atoms with van der Waals surface area (Å²) in [7, 11) is -4.00. The van der Waals surface area contributed by atoms with Crippen LogP contribution >= 0.6 is 11.3 Å². The molecular formula is C34H30N4O3S2. The van der Waals surface area contributed by atoms with Crippen molar-refractivity contribution in [3.05, 3.63) is 133 Å². The zero-order valence-electron chi connectivity index (χ0n) is 23.2. The molecule has 0 saturated heterocycles. The van der Waals surface area contributed by atoms with Crippen molar-refractivity contribution in [2.75, 3.05) is 17.8 Å². The summed E-state index contributed by atoms with van der Waals surface area (Å²) < 4.78 is 30.3. The van der Waals surface area contributed by atoms with E-state index in [2.05, 4.69) is 20.0 Å². The highest BCUT2D eigenvalue weighted by Crippen LogP contribution is 2.39. The predicted octanol–water partition coefficient (Wildman–Crippen LogP) is 6.69. The molecule has 0 amide bonds. The van der Waals surface area contributed by atoms with Crippen LogP contribution in [0, 0.1) is 0 Å². The minimum absolute atomic E-state index is 0.00590. The topological polar surface area (TPSA) is 104 Å². The molecule has 3 N–H and O–H groups in total. The molecule has 1 atom stereocenters. The van der Waals surface area contributed by atoms with Crippen LogP contribution in [0.5, 0.6) is 0 Å². The van der Waals surface area contributed by atoms with Gasteiger partial charge in [0.1, 0.15) is 11.1 Å². The maximum atomic E-state index is 13.8. The Labute approximate surface area is 255 Å². The summed E-state index contributed by atoms with van der Waals surface area (Å²) in [5.74, 6) is 0. The summed E-state index contributed by atoms with van der Waals surface area (Å²) in [5, 5.41) is 16.3. The molecule has 9 heteroatoms.